The highest BCUT2D eigenvalue weighted by molar-refractivity contribution is 7.90. The van der Waals surface area contributed by atoms with E-state index >= 15 is 0 Å². The summed E-state index contributed by atoms with van der Waals surface area (Å²) in [5.74, 6) is -6.48. The van der Waals surface area contributed by atoms with Gasteiger partial charge >= 0.3 is 15.5 Å². The maximum Gasteiger partial charge on any atom is 0.511 e. The number of aromatic nitrogens is 2. The van der Waals surface area contributed by atoms with E-state index in [1.54, 1.807) is 0 Å². The van der Waals surface area contributed by atoms with E-state index in [0.717, 1.165) is 0 Å². The predicted octanol–water partition coefficient (Wildman–Crippen LogP) is 1.46. The van der Waals surface area contributed by atoms with Gasteiger partial charge in [-0.25, -0.2) is 18.4 Å². The van der Waals surface area contributed by atoms with Crippen molar-refractivity contribution in [1.82, 2.24) is 14.3 Å². The quantitative estimate of drug-likeness (QED) is 0.635. The van der Waals surface area contributed by atoms with Crippen molar-refractivity contribution in [1.29, 1.82) is 0 Å². The van der Waals surface area contributed by atoms with Crippen LogP contribution in [0.3, 0.4) is 0 Å². The SMILES string of the molecule is NC(c1nc(F)c(F)c(F)n1)C1CCN(S(=O)(=O)C(F)(F)F)CC1. The van der Waals surface area contributed by atoms with E-state index in [4.69, 9.17) is 5.73 Å². The normalized spacial score (nSPS) is 19.5. The highest BCUT2D eigenvalue weighted by Gasteiger charge is 2.50. The van der Waals surface area contributed by atoms with E-state index in [2.05, 4.69) is 9.97 Å². The summed E-state index contributed by atoms with van der Waals surface area (Å²) in [6.07, 6.45) is -0.194. The molecular weight excluding hydrogens is 366 g/mol. The summed E-state index contributed by atoms with van der Waals surface area (Å²) in [6, 6.07) is -1.18. The molecule has 1 atom stereocenters. The summed E-state index contributed by atoms with van der Waals surface area (Å²) >= 11 is 0. The van der Waals surface area contributed by atoms with Gasteiger partial charge in [-0.05, 0) is 18.8 Å². The Kier molecular flexibility index (Phi) is 5.06. The number of piperidine rings is 1. The molecule has 1 aliphatic rings. The number of halogens is 6. The molecule has 0 radical (unpaired) electrons. The van der Waals surface area contributed by atoms with Gasteiger partial charge in [-0.2, -0.15) is 30.6 Å². The Hall–Kier alpha value is -1.47. The Morgan fingerprint density at radius 1 is 1.08 bits per heavy atom. The molecule has 0 spiro atoms. The molecule has 0 bridgehead atoms. The van der Waals surface area contributed by atoms with Gasteiger partial charge in [0.25, 0.3) is 11.9 Å². The maximum atomic E-state index is 13.1. The van der Waals surface area contributed by atoms with E-state index in [1.165, 1.54) is 0 Å². The molecule has 1 fully saturated rings. The molecule has 24 heavy (non-hydrogen) atoms. The number of rotatable bonds is 3. The zero-order valence-electron chi connectivity index (χ0n) is 11.9. The molecule has 0 aromatic carbocycles. The Morgan fingerprint density at radius 3 is 1.96 bits per heavy atom. The van der Waals surface area contributed by atoms with Crippen molar-refractivity contribution in [3.8, 4) is 0 Å². The predicted molar refractivity (Wildman–Crippen MR) is 68.1 cm³/mol. The first kappa shape index (κ1) is 18.9. The molecule has 1 aliphatic heterocycles. The van der Waals surface area contributed by atoms with Crippen LogP contribution in [0.2, 0.25) is 0 Å². The fourth-order valence-corrected chi connectivity index (χ4v) is 3.38. The summed E-state index contributed by atoms with van der Waals surface area (Å²) in [7, 11) is -5.44. The molecule has 2 rings (SSSR count). The van der Waals surface area contributed by atoms with Crippen molar-refractivity contribution in [3.05, 3.63) is 23.5 Å². The summed E-state index contributed by atoms with van der Waals surface area (Å²) in [4.78, 5) is 6.17. The second-order valence-electron chi connectivity index (χ2n) is 5.19. The number of sulfonamides is 1. The van der Waals surface area contributed by atoms with E-state index in [1.807, 2.05) is 0 Å². The van der Waals surface area contributed by atoms with Crippen molar-refractivity contribution in [2.24, 2.45) is 11.7 Å². The van der Waals surface area contributed by atoms with Crippen LogP contribution in [0.5, 0.6) is 0 Å². The molecule has 1 aromatic rings. The van der Waals surface area contributed by atoms with Crippen LogP contribution >= 0.6 is 0 Å². The van der Waals surface area contributed by atoms with Gasteiger partial charge in [0.2, 0.25) is 5.82 Å². The standard InChI is InChI=1S/C11H12F6N4O2S/c12-6-8(13)19-10(20-9(6)14)7(18)5-1-3-21(4-2-5)24(22,23)11(15,16)17/h5,7H,1-4,18H2. The van der Waals surface area contributed by atoms with Crippen LogP contribution in [0.1, 0.15) is 24.7 Å². The molecule has 1 unspecified atom stereocenters. The molecule has 1 aromatic heterocycles. The molecule has 1 saturated heterocycles. The Bertz CT molecular complexity index is 695. The van der Waals surface area contributed by atoms with Gasteiger partial charge in [0, 0.05) is 13.1 Å². The minimum Gasteiger partial charge on any atom is -0.321 e. The number of alkyl halides is 3. The lowest BCUT2D eigenvalue weighted by molar-refractivity contribution is -0.0497. The lowest BCUT2D eigenvalue weighted by Gasteiger charge is -2.33. The number of nitrogens with two attached hydrogens (primary N) is 1. The molecule has 0 amide bonds. The monoisotopic (exact) mass is 378 g/mol. The lowest BCUT2D eigenvalue weighted by Crippen LogP contribution is -2.46. The molecule has 13 heteroatoms. The fourth-order valence-electron chi connectivity index (χ4n) is 2.39. The van der Waals surface area contributed by atoms with Gasteiger partial charge in [0.15, 0.2) is 5.82 Å². The first-order valence-corrected chi connectivity index (χ1v) is 8.09. The van der Waals surface area contributed by atoms with Crippen LogP contribution < -0.4 is 5.73 Å². The topological polar surface area (TPSA) is 89.2 Å². The Morgan fingerprint density at radius 2 is 1.54 bits per heavy atom. The minimum atomic E-state index is -5.44. The second-order valence-corrected chi connectivity index (χ2v) is 7.12. The average Bonchev–Trinajstić information content (AvgIpc) is 2.50. The van der Waals surface area contributed by atoms with Crippen LogP contribution in [0.4, 0.5) is 26.3 Å². The number of hydrogen-bond acceptors (Lipinski definition) is 5. The zero-order valence-corrected chi connectivity index (χ0v) is 12.7. The Balaban J connectivity index is 2.10. The third-order valence-electron chi connectivity index (χ3n) is 3.72. The summed E-state index contributed by atoms with van der Waals surface area (Å²) in [5, 5.41) is 0. The lowest BCUT2D eigenvalue weighted by atomic mass is 9.90. The summed E-state index contributed by atoms with van der Waals surface area (Å²) in [5.41, 5.74) is 0.318. The maximum absolute atomic E-state index is 13.1. The number of hydrogen-bond donors (Lipinski definition) is 1. The Labute approximate surface area is 132 Å². The van der Waals surface area contributed by atoms with Gasteiger partial charge in [-0.15, -0.1) is 0 Å². The van der Waals surface area contributed by atoms with Crippen LogP contribution in [-0.4, -0.2) is 41.3 Å². The minimum absolute atomic E-state index is 0.0968. The van der Waals surface area contributed by atoms with Crippen LogP contribution in [0, 0.1) is 23.6 Å². The smallest absolute Gasteiger partial charge is 0.321 e. The largest absolute Gasteiger partial charge is 0.511 e. The van der Waals surface area contributed by atoms with E-state index in [-0.39, 0.29) is 17.1 Å². The molecule has 0 aliphatic carbocycles. The molecule has 136 valence electrons. The third kappa shape index (κ3) is 3.47. The third-order valence-corrected chi connectivity index (χ3v) is 5.35. The molecule has 0 saturated carbocycles. The van der Waals surface area contributed by atoms with E-state index in [0.29, 0.717) is 0 Å². The summed E-state index contributed by atoms with van der Waals surface area (Å²) in [6.45, 7) is -0.932. The average molecular weight is 378 g/mol. The van der Waals surface area contributed by atoms with Gasteiger partial charge in [-0.1, -0.05) is 0 Å². The van der Waals surface area contributed by atoms with E-state index in [9.17, 15) is 34.8 Å². The fraction of sp³-hybridized carbons (Fsp3) is 0.636. The van der Waals surface area contributed by atoms with Crippen LogP contribution in [-0.2, 0) is 10.0 Å². The van der Waals surface area contributed by atoms with Crippen LogP contribution in [0.15, 0.2) is 0 Å². The van der Waals surface area contributed by atoms with Crippen molar-refractivity contribution in [3.63, 3.8) is 0 Å². The highest BCUT2D eigenvalue weighted by atomic mass is 32.2. The highest BCUT2D eigenvalue weighted by Crippen LogP contribution is 2.33. The van der Waals surface area contributed by atoms with Crippen molar-refractivity contribution in [2.45, 2.75) is 24.4 Å². The zero-order chi connectivity index (χ0) is 18.3. The van der Waals surface area contributed by atoms with Crippen molar-refractivity contribution < 1.29 is 34.8 Å². The molecule has 6 nitrogen and oxygen atoms in total. The van der Waals surface area contributed by atoms with E-state index < -0.39 is 64.1 Å². The van der Waals surface area contributed by atoms with Crippen LogP contribution in [0.25, 0.3) is 0 Å². The van der Waals surface area contributed by atoms with Gasteiger partial charge < -0.3 is 5.73 Å². The molecular formula is C11H12F6N4O2S. The van der Waals surface area contributed by atoms with Crippen molar-refractivity contribution >= 4 is 10.0 Å². The molecule has 2 N–H and O–H groups in total. The first-order valence-electron chi connectivity index (χ1n) is 6.65. The van der Waals surface area contributed by atoms with Gasteiger partial charge in [0.1, 0.15) is 0 Å². The molecule has 2 heterocycles. The van der Waals surface area contributed by atoms with Gasteiger partial charge in [0.05, 0.1) is 6.04 Å². The summed E-state index contributed by atoms with van der Waals surface area (Å²) < 4.78 is 99.2. The van der Waals surface area contributed by atoms with Gasteiger partial charge in [-0.3, -0.25) is 0 Å². The van der Waals surface area contributed by atoms with Crippen molar-refractivity contribution in [2.75, 3.05) is 13.1 Å². The number of nitrogens with zero attached hydrogens (tertiary/aromatic N) is 3. The first-order chi connectivity index (χ1) is 10.9. The second kappa shape index (κ2) is 6.44.